The summed E-state index contributed by atoms with van der Waals surface area (Å²) in [5.41, 5.74) is 3.05. The maximum atomic E-state index is 11.3. The van der Waals surface area contributed by atoms with Crippen molar-refractivity contribution in [1.29, 1.82) is 0 Å². The molecule has 0 fully saturated rings. The van der Waals surface area contributed by atoms with Crippen LogP contribution in [-0.4, -0.2) is 10.9 Å². The normalized spacial score (nSPS) is 25.9. The highest BCUT2D eigenvalue weighted by molar-refractivity contribution is 5.98. The summed E-state index contributed by atoms with van der Waals surface area (Å²) < 4.78 is 0. The Hall–Kier alpha value is -2.12. The number of aliphatic hydroxyl groups excluding tert-OH is 1. The molecule has 0 spiro atoms. The lowest BCUT2D eigenvalue weighted by Gasteiger charge is -2.21. The molecule has 3 rings (SSSR count). The van der Waals surface area contributed by atoms with Crippen molar-refractivity contribution in [3.05, 3.63) is 53.4 Å². The van der Waals surface area contributed by atoms with E-state index in [0.717, 1.165) is 11.4 Å². The number of carbonyl (C=O) groups is 1. The molecule has 1 aromatic rings. The van der Waals surface area contributed by atoms with Crippen molar-refractivity contribution in [2.24, 2.45) is 5.92 Å². The summed E-state index contributed by atoms with van der Waals surface area (Å²) in [6.45, 7) is 4.20. The molecule has 1 unspecified atom stereocenters. The minimum Gasteiger partial charge on any atom is -0.471 e. The Morgan fingerprint density at radius 3 is 2.72 bits per heavy atom. The molecule has 1 aromatic carbocycles. The van der Waals surface area contributed by atoms with Crippen LogP contribution in [0.3, 0.4) is 0 Å². The molecular formula is C15H14NO2+. The van der Waals surface area contributed by atoms with E-state index < -0.39 is 5.92 Å². The fraction of sp³-hybridized carbons (Fsp3) is 0.267. The number of Topliss-reactive ketones (excluding diaryl/α,β-unsaturated/α-hetero) is 1. The zero-order chi connectivity index (χ0) is 12.9. The van der Waals surface area contributed by atoms with Gasteiger partial charge in [0.25, 0.3) is 0 Å². The first kappa shape index (κ1) is 11.0. The van der Waals surface area contributed by atoms with Crippen LogP contribution in [0.4, 0.5) is 5.69 Å². The Balaban J connectivity index is 2.01. The molecule has 0 aromatic heterocycles. The third kappa shape index (κ3) is 1.38. The van der Waals surface area contributed by atoms with Gasteiger partial charge in [0.15, 0.2) is 0 Å². The van der Waals surface area contributed by atoms with Crippen LogP contribution in [0.1, 0.15) is 19.4 Å². The number of rotatable bonds is 1. The van der Waals surface area contributed by atoms with E-state index in [9.17, 15) is 9.90 Å². The Morgan fingerprint density at radius 2 is 2.11 bits per heavy atom. The fourth-order valence-electron chi connectivity index (χ4n) is 2.48. The lowest BCUT2D eigenvalue weighted by atomic mass is 9.80. The predicted molar refractivity (Wildman–Crippen MR) is 69.1 cm³/mol. The molecule has 3 heteroatoms. The third-order valence-electron chi connectivity index (χ3n) is 3.70. The summed E-state index contributed by atoms with van der Waals surface area (Å²) in [6, 6.07) is 8.07. The smallest absolute Gasteiger partial charge is 0.415 e. The van der Waals surface area contributed by atoms with E-state index in [0.29, 0.717) is 0 Å². The van der Waals surface area contributed by atoms with Gasteiger partial charge in [0, 0.05) is 16.8 Å². The molecule has 0 radical (unpaired) electrons. The van der Waals surface area contributed by atoms with E-state index in [2.05, 4.69) is 31.3 Å². The molecule has 0 amide bonds. The van der Waals surface area contributed by atoms with E-state index in [-0.39, 0.29) is 17.0 Å². The van der Waals surface area contributed by atoms with E-state index in [1.165, 1.54) is 5.56 Å². The topological polar surface area (TPSA) is 49.3 Å². The van der Waals surface area contributed by atoms with Crippen LogP contribution in [-0.2, 0) is 10.2 Å². The van der Waals surface area contributed by atoms with Gasteiger partial charge >= 0.3 is 17.6 Å². The fourth-order valence-corrected chi connectivity index (χ4v) is 2.48. The number of hydrogen-bond donors (Lipinski definition) is 2. The number of nitrogens with one attached hydrogen (secondary N) is 1. The van der Waals surface area contributed by atoms with Crippen molar-refractivity contribution >= 4 is 11.5 Å². The van der Waals surface area contributed by atoms with Gasteiger partial charge in [-0.05, 0) is 17.7 Å². The first-order valence-corrected chi connectivity index (χ1v) is 5.95. The zero-order valence-electron chi connectivity index (χ0n) is 10.3. The zero-order valence-corrected chi connectivity index (χ0v) is 10.3. The van der Waals surface area contributed by atoms with Crippen LogP contribution in [0.25, 0.3) is 0 Å². The molecule has 1 aliphatic carbocycles. The van der Waals surface area contributed by atoms with Crippen molar-refractivity contribution < 1.29 is 9.90 Å². The molecule has 18 heavy (non-hydrogen) atoms. The Morgan fingerprint density at radius 1 is 1.39 bits per heavy atom. The summed E-state index contributed by atoms with van der Waals surface area (Å²) in [7, 11) is 0. The van der Waals surface area contributed by atoms with E-state index in [4.69, 9.17) is 0 Å². The van der Waals surface area contributed by atoms with Crippen LogP contribution < -0.4 is 5.32 Å². The van der Waals surface area contributed by atoms with Gasteiger partial charge in [0.2, 0.25) is 5.92 Å². The largest absolute Gasteiger partial charge is 0.471 e. The van der Waals surface area contributed by atoms with E-state index in [1.54, 1.807) is 6.08 Å². The molecule has 0 saturated carbocycles. The predicted octanol–water partition coefficient (Wildman–Crippen LogP) is 2.72. The van der Waals surface area contributed by atoms with Gasteiger partial charge in [-0.3, -0.25) is 0 Å². The summed E-state index contributed by atoms with van der Waals surface area (Å²) >= 11 is 0. The number of fused-ring (bicyclic) bond motifs is 1. The van der Waals surface area contributed by atoms with Gasteiger partial charge in [-0.1, -0.05) is 32.0 Å². The summed E-state index contributed by atoms with van der Waals surface area (Å²) in [6.07, 6.45) is 4.14. The average molecular weight is 240 g/mol. The quantitative estimate of drug-likeness (QED) is 0.742. The van der Waals surface area contributed by atoms with E-state index in [1.807, 2.05) is 18.2 Å². The van der Waals surface area contributed by atoms with Crippen molar-refractivity contribution in [3.63, 3.8) is 0 Å². The van der Waals surface area contributed by atoms with E-state index >= 15 is 0 Å². The standard InChI is InChI=1S/C15H13NO2/c1-15(2)10-5-3-4-6-11(10)16-14(15)7-9-12(17)8-13(9)18/h3-7,9,16H,1-2H3/p+1/b14-7-. The minimum atomic E-state index is -0.527. The highest BCUT2D eigenvalue weighted by atomic mass is 16.3. The molecule has 1 atom stereocenters. The number of carbonyl (C=O) groups excluding carboxylic acids is 1. The second kappa shape index (κ2) is 3.44. The van der Waals surface area contributed by atoms with Gasteiger partial charge < -0.3 is 10.4 Å². The molecular weight excluding hydrogens is 226 g/mol. The van der Waals surface area contributed by atoms with Gasteiger partial charge in [-0.2, -0.15) is 0 Å². The second-order valence-electron chi connectivity index (χ2n) is 5.23. The van der Waals surface area contributed by atoms with Gasteiger partial charge in [0.1, 0.15) is 0 Å². The first-order chi connectivity index (χ1) is 8.50. The Bertz CT molecular complexity index is 596. The van der Waals surface area contributed by atoms with Crippen molar-refractivity contribution in [2.45, 2.75) is 19.3 Å². The van der Waals surface area contributed by atoms with Crippen LogP contribution in [0, 0.1) is 12.0 Å². The summed E-state index contributed by atoms with van der Waals surface area (Å²) in [5, 5.41) is 12.8. The molecule has 0 bridgehead atoms. The summed E-state index contributed by atoms with van der Waals surface area (Å²) in [4.78, 5) is 11.3. The van der Waals surface area contributed by atoms with Crippen molar-refractivity contribution in [3.8, 4) is 0 Å². The second-order valence-corrected chi connectivity index (χ2v) is 5.23. The van der Waals surface area contributed by atoms with Gasteiger partial charge in [-0.15, -0.1) is 0 Å². The molecule has 3 nitrogen and oxygen atoms in total. The Kier molecular flexibility index (Phi) is 2.10. The number of para-hydroxylation sites is 1. The maximum Gasteiger partial charge on any atom is 0.415 e. The molecule has 2 aliphatic rings. The lowest BCUT2D eigenvalue weighted by molar-refractivity contribution is -0.120. The lowest BCUT2D eigenvalue weighted by Crippen LogP contribution is -2.27. The molecule has 2 N–H and O–H groups in total. The third-order valence-corrected chi connectivity index (χ3v) is 3.70. The number of allylic oxidation sites excluding steroid dienone is 3. The summed E-state index contributed by atoms with van der Waals surface area (Å²) in [5.74, 6) is -0.657. The van der Waals surface area contributed by atoms with Gasteiger partial charge in [-0.25, -0.2) is 4.79 Å². The molecule has 90 valence electrons. The maximum absolute atomic E-state index is 11.3. The SMILES string of the molecule is CC1(C)/C(=C/C2C(=O)[C+]=C2O)Nc2ccccc21. The van der Waals surface area contributed by atoms with Crippen LogP contribution in [0.2, 0.25) is 0 Å². The van der Waals surface area contributed by atoms with Crippen LogP contribution >= 0.6 is 0 Å². The van der Waals surface area contributed by atoms with Gasteiger partial charge in [0.05, 0.1) is 0 Å². The molecule has 1 heterocycles. The van der Waals surface area contributed by atoms with Crippen LogP contribution in [0.15, 0.2) is 41.8 Å². The van der Waals surface area contributed by atoms with Crippen molar-refractivity contribution in [2.75, 3.05) is 5.32 Å². The first-order valence-electron chi connectivity index (χ1n) is 5.95. The monoisotopic (exact) mass is 240 g/mol. The molecule has 1 aliphatic heterocycles. The number of hydrogen-bond acceptors (Lipinski definition) is 3. The minimum absolute atomic E-state index is 0.0288. The number of aliphatic hydroxyl groups is 1. The average Bonchev–Trinajstić information content (AvgIpc) is 2.59. The molecule has 0 saturated heterocycles. The number of ketones is 1. The number of benzene rings is 1. The van der Waals surface area contributed by atoms with Crippen molar-refractivity contribution in [1.82, 2.24) is 0 Å². The highest BCUT2D eigenvalue weighted by Gasteiger charge is 2.48. The number of anilines is 1. The van der Waals surface area contributed by atoms with Crippen LogP contribution in [0.5, 0.6) is 0 Å². The Labute approximate surface area is 106 Å². The highest BCUT2D eigenvalue weighted by Crippen LogP contribution is 2.44.